The summed E-state index contributed by atoms with van der Waals surface area (Å²) >= 11 is 0. The number of benzene rings is 2. The number of carbonyl (C=O) groups excluding carboxylic acids is 2. The first-order valence-corrected chi connectivity index (χ1v) is 9.52. The molecule has 0 radical (unpaired) electrons. The molecule has 0 unspecified atom stereocenters. The minimum atomic E-state index is -0.148. The number of ketones is 1. The second-order valence-corrected chi connectivity index (χ2v) is 7.01. The third kappa shape index (κ3) is 3.08. The standard InChI is InChI=1S/C23H18N4O2/c28-20-11-13-27-21-18(20)5-3-6-19(21)26-22(27)15-7-9-16(10-8-15)23(29)25-14-17-4-1-2-12-24-17/h1-10,12H,11,13-14H2,(H,25,29). The molecule has 0 spiro atoms. The molecule has 3 heterocycles. The second kappa shape index (κ2) is 6.98. The van der Waals surface area contributed by atoms with Gasteiger partial charge in [0, 0.05) is 35.9 Å². The van der Waals surface area contributed by atoms with Gasteiger partial charge in [0.15, 0.2) is 5.78 Å². The Morgan fingerprint density at radius 3 is 2.69 bits per heavy atom. The van der Waals surface area contributed by atoms with Crippen molar-refractivity contribution in [2.24, 2.45) is 0 Å². The first-order chi connectivity index (χ1) is 14.2. The van der Waals surface area contributed by atoms with Gasteiger partial charge in [-0.15, -0.1) is 0 Å². The highest BCUT2D eigenvalue weighted by Gasteiger charge is 2.23. The molecule has 6 nitrogen and oxygen atoms in total. The third-order valence-corrected chi connectivity index (χ3v) is 5.19. The molecule has 5 rings (SSSR count). The van der Waals surface area contributed by atoms with E-state index >= 15 is 0 Å². The maximum Gasteiger partial charge on any atom is 0.251 e. The number of aromatic nitrogens is 3. The highest BCUT2D eigenvalue weighted by Crippen LogP contribution is 2.31. The number of para-hydroxylation sites is 1. The lowest BCUT2D eigenvalue weighted by Gasteiger charge is -2.15. The fourth-order valence-corrected chi connectivity index (χ4v) is 3.74. The molecule has 0 fully saturated rings. The van der Waals surface area contributed by atoms with Crippen LogP contribution in [0.3, 0.4) is 0 Å². The van der Waals surface area contributed by atoms with E-state index in [1.165, 1.54) is 0 Å². The van der Waals surface area contributed by atoms with E-state index in [4.69, 9.17) is 4.98 Å². The molecular formula is C23H18N4O2. The van der Waals surface area contributed by atoms with Gasteiger partial charge >= 0.3 is 0 Å². The average molecular weight is 382 g/mol. The van der Waals surface area contributed by atoms with Gasteiger partial charge in [-0.1, -0.05) is 24.3 Å². The van der Waals surface area contributed by atoms with Crippen molar-refractivity contribution in [1.82, 2.24) is 19.9 Å². The molecule has 0 atom stereocenters. The zero-order valence-electron chi connectivity index (χ0n) is 15.6. The van der Waals surface area contributed by atoms with E-state index in [0.29, 0.717) is 25.1 Å². The Balaban J connectivity index is 1.41. The molecule has 1 aliphatic heterocycles. The van der Waals surface area contributed by atoms with Crippen LogP contribution in [0.4, 0.5) is 0 Å². The van der Waals surface area contributed by atoms with Crippen molar-refractivity contribution in [2.75, 3.05) is 0 Å². The molecule has 0 bridgehead atoms. The number of aryl methyl sites for hydroxylation is 1. The summed E-state index contributed by atoms with van der Waals surface area (Å²) in [5.74, 6) is 0.833. The molecule has 142 valence electrons. The van der Waals surface area contributed by atoms with E-state index in [1.54, 1.807) is 18.3 Å². The molecule has 0 saturated heterocycles. The SMILES string of the molecule is O=C(NCc1ccccn1)c1ccc(-c2nc3cccc4c3n2CCC4=O)cc1. The Labute approximate surface area is 167 Å². The fraction of sp³-hybridized carbons (Fsp3) is 0.130. The topological polar surface area (TPSA) is 76.9 Å². The maximum absolute atomic E-state index is 12.4. The van der Waals surface area contributed by atoms with Crippen LogP contribution in [-0.4, -0.2) is 26.2 Å². The molecule has 1 aliphatic rings. The molecule has 1 amide bonds. The van der Waals surface area contributed by atoms with Gasteiger partial charge < -0.3 is 9.88 Å². The summed E-state index contributed by atoms with van der Waals surface area (Å²) in [5, 5.41) is 2.88. The van der Waals surface area contributed by atoms with Crippen LogP contribution in [0, 0.1) is 0 Å². The average Bonchev–Trinajstić information content (AvgIpc) is 3.15. The summed E-state index contributed by atoms with van der Waals surface area (Å²) in [7, 11) is 0. The summed E-state index contributed by atoms with van der Waals surface area (Å²) < 4.78 is 2.10. The van der Waals surface area contributed by atoms with Crippen molar-refractivity contribution < 1.29 is 9.59 Å². The Kier molecular flexibility index (Phi) is 4.17. The number of hydrogen-bond acceptors (Lipinski definition) is 4. The van der Waals surface area contributed by atoms with Crippen molar-refractivity contribution in [1.29, 1.82) is 0 Å². The van der Waals surface area contributed by atoms with Crippen molar-refractivity contribution in [3.05, 3.63) is 83.7 Å². The number of pyridine rings is 1. The molecule has 4 aromatic rings. The number of carbonyl (C=O) groups is 2. The molecule has 2 aromatic heterocycles. The zero-order chi connectivity index (χ0) is 19.8. The fourth-order valence-electron chi connectivity index (χ4n) is 3.74. The van der Waals surface area contributed by atoms with E-state index in [1.807, 2.05) is 48.5 Å². The third-order valence-electron chi connectivity index (χ3n) is 5.19. The van der Waals surface area contributed by atoms with Crippen LogP contribution in [0.2, 0.25) is 0 Å². The van der Waals surface area contributed by atoms with Crippen LogP contribution < -0.4 is 5.32 Å². The van der Waals surface area contributed by atoms with Gasteiger partial charge in [-0.3, -0.25) is 14.6 Å². The Hall–Kier alpha value is -3.80. The Morgan fingerprint density at radius 2 is 1.90 bits per heavy atom. The smallest absolute Gasteiger partial charge is 0.251 e. The van der Waals surface area contributed by atoms with E-state index in [0.717, 1.165) is 33.7 Å². The van der Waals surface area contributed by atoms with E-state index < -0.39 is 0 Å². The first kappa shape index (κ1) is 17.3. The van der Waals surface area contributed by atoms with Crippen LogP contribution in [0.1, 0.15) is 32.8 Å². The zero-order valence-corrected chi connectivity index (χ0v) is 15.6. The van der Waals surface area contributed by atoms with Gasteiger partial charge in [0.2, 0.25) is 0 Å². The number of hydrogen-bond donors (Lipinski definition) is 1. The number of nitrogens with zero attached hydrogens (tertiary/aromatic N) is 3. The Bertz CT molecular complexity index is 1230. The van der Waals surface area contributed by atoms with Gasteiger partial charge in [-0.25, -0.2) is 4.98 Å². The van der Waals surface area contributed by atoms with Crippen LogP contribution in [0.15, 0.2) is 66.9 Å². The lowest BCUT2D eigenvalue weighted by Crippen LogP contribution is -2.23. The summed E-state index contributed by atoms with van der Waals surface area (Å²) in [4.78, 5) is 33.6. The molecule has 6 heteroatoms. The Morgan fingerprint density at radius 1 is 1.03 bits per heavy atom. The normalized spacial score (nSPS) is 12.9. The molecule has 0 saturated carbocycles. The van der Waals surface area contributed by atoms with Gasteiger partial charge in [0.1, 0.15) is 5.82 Å². The van der Waals surface area contributed by atoms with Gasteiger partial charge in [-0.05, 0) is 36.4 Å². The van der Waals surface area contributed by atoms with Gasteiger partial charge in [-0.2, -0.15) is 0 Å². The number of amides is 1. The lowest BCUT2D eigenvalue weighted by atomic mass is 10.0. The molecular weight excluding hydrogens is 364 g/mol. The molecule has 1 N–H and O–H groups in total. The number of Topliss-reactive ketones (excluding diaryl/α,β-unsaturated/α-hetero) is 1. The quantitative estimate of drug-likeness (QED) is 0.585. The monoisotopic (exact) mass is 382 g/mol. The first-order valence-electron chi connectivity index (χ1n) is 9.52. The number of rotatable bonds is 4. The largest absolute Gasteiger partial charge is 0.346 e. The molecule has 29 heavy (non-hydrogen) atoms. The molecule has 2 aromatic carbocycles. The highest BCUT2D eigenvalue weighted by atomic mass is 16.1. The van der Waals surface area contributed by atoms with Crippen molar-refractivity contribution >= 4 is 22.7 Å². The summed E-state index contributed by atoms with van der Waals surface area (Å²) in [6.07, 6.45) is 2.18. The van der Waals surface area contributed by atoms with Crippen LogP contribution in [0.5, 0.6) is 0 Å². The minimum Gasteiger partial charge on any atom is -0.346 e. The summed E-state index contributed by atoms with van der Waals surface area (Å²) in [6.45, 7) is 1.00. The van der Waals surface area contributed by atoms with Gasteiger partial charge in [0.25, 0.3) is 5.91 Å². The second-order valence-electron chi connectivity index (χ2n) is 7.01. The minimum absolute atomic E-state index is 0.148. The van der Waals surface area contributed by atoms with Gasteiger partial charge in [0.05, 0.1) is 23.3 Å². The predicted octanol–water partition coefficient (Wildman–Crippen LogP) is 3.61. The molecule has 0 aliphatic carbocycles. The number of nitrogens with one attached hydrogen (secondary N) is 1. The van der Waals surface area contributed by atoms with E-state index in [9.17, 15) is 9.59 Å². The predicted molar refractivity (Wildman–Crippen MR) is 110 cm³/mol. The van der Waals surface area contributed by atoms with E-state index in [2.05, 4.69) is 14.9 Å². The van der Waals surface area contributed by atoms with Crippen molar-refractivity contribution in [2.45, 2.75) is 19.5 Å². The van der Waals surface area contributed by atoms with Crippen LogP contribution >= 0.6 is 0 Å². The van der Waals surface area contributed by atoms with E-state index in [-0.39, 0.29) is 11.7 Å². The van der Waals surface area contributed by atoms with Crippen LogP contribution in [0.25, 0.3) is 22.4 Å². The number of imidazole rings is 1. The maximum atomic E-state index is 12.4. The lowest BCUT2D eigenvalue weighted by molar-refractivity contribution is 0.0948. The summed E-state index contributed by atoms with van der Waals surface area (Å²) in [6, 6.07) is 18.7. The van der Waals surface area contributed by atoms with Crippen LogP contribution in [-0.2, 0) is 13.1 Å². The highest BCUT2D eigenvalue weighted by molar-refractivity contribution is 6.08. The summed E-state index contributed by atoms with van der Waals surface area (Å²) in [5.41, 5.74) is 4.76. The van der Waals surface area contributed by atoms with Crippen molar-refractivity contribution in [3.8, 4) is 11.4 Å². The van der Waals surface area contributed by atoms with Crippen molar-refractivity contribution in [3.63, 3.8) is 0 Å².